The van der Waals surface area contributed by atoms with Crippen molar-refractivity contribution in [2.75, 3.05) is 11.4 Å². The van der Waals surface area contributed by atoms with E-state index < -0.39 is 16.0 Å². The smallest absolute Gasteiger partial charge is 0.343 e. The average Bonchev–Trinajstić information content (AvgIpc) is 2.73. The first-order valence-corrected chi connectivity index (χ1v) is 11.1. The number of esters is 1. The summed E-state index contributed by atoms with van der Waals surface area (Å²) >= 11 is 0. The maximum absolute atomic E-state index is 12.8. The highest BCUT2D eigenvalue weighted by atomic mass is 32.2. The van der Waals surface area contributed by atoms with Crippen molar-refractivity contribution >= 4 is 21.7 Å². The SMILES string of the molecule is Cc1cc(OC(=O)c2ccc(S(=O)(=O)N(C)c3ccccc3)cc2)ccc1C(C)C. The van der Waals surface area contributed by atoms with Crippen LogP contribution in [0.1, 0.15) is 41.3 Å². The fourth-order valence-corrected chi connectivity index (χ4v) is 4.42. The molecule has 0 N–H and O–H groups in total. The van der Waals surface area contributed by atoms with Crippen LogP contribution in [-0.2, 0) is 10.0 Å². The van der Waals surface area contributed by atoms with Crippen molar-refractivity contribution in [1.29, 1.82) is 0 Å². The van der Waals surface area contributed by atoms with Gasteiger partial charge in [0.25, 0.3) is 10.0 Å². The summed E-state index contributed by atoms with van der Waals surface area (Å²) in [7, 11) is -2.23. The van der Waals surface area contributed by atoms with Crippen LogP contribution in [0, 0.1) is 6.92 Å². The third kappa shape index (κ3) is 4.54. The van der Waals surface area contributed by atoms with E-state index >= 15 is 0 Å². The minimum atomic E-state index is -3.73. The molecule has 0 saturated heterocycles. The van der Waals surface area contributed by atoms with E-state index in [1.165, 1.54) is 41.2 Å². The van der Waals surface area contributed by atoms with Gasteiger partial charge >= 0.3 is 5.97 Å². The Hall–Kier alpha value is -3.12. The van der Waals surface area contributed by atoms with Gasteiger partial charge in [0.05, 0.1) is 16.1 Å². The lowest BCUT2D eigenvalue weighted by molar-refractivity contribution is 0.0734. The Bertz CT molecular complexity index is 1140. The zero-order chi connectivity index (χ0) is 21.9. The number of sulfonamides is 1. The molecule has 3 rings (SSSR count). The van der Waals surface area contributed by atoms with Crippen molar-refractivity contribution in [2.24, 2.45) is 0 Å². The van der Waals surface area contributed by atoms with Gasteiger partial charge in [-0.2, -0.15) is 0 Å². The molecule has 0 heterocycles. The number of anilines is 1. The standard InChI is InChI=1S/C24H25NO4S/c1-17(2)23-15-12-21(16-18(23)3)29-24(26)19-10-13-22(14-11-19)30(27,28)25(4)20-8-6-5-7-9-20/h5-17H,1-4H3. The number of ether oxygens (including phenoxy) is 1. The molecular weight excluding hydrogens is 398 g/mol. The number of nitrogens with zero attached hydrogens (tertiary/aromatic N) is 1. The first-order chi connectivity index (χ1) is 14.2. The molecule has 0 unspecified atom stereocenters. The van der Waals surface area contributed by atoms with Gasteiger partial charge in [-0.1, -0.05) is 38.1 Å². The van der Waals surface area contributed by atoms with E-state index in [0.717, 1.165) is 5.56 Å². The van der Waals surface area contributed by atoms with Crippen LogP contribution < -0.4 is 9.04 Å². The first kappa shape index (κ1) is 21.6. The summed E-state index contributed by atoms with van der Waals surface area (Å²) in [6.07, 6.45) is 0. The summed E-state index contributed by atoms with van der Waals surface area (Å²) in [5.41, 5.74) is 3.09. The zero-order valence-electron chi connectivity index (χ0n) is 17.5. The van der Waals surface area contributed by atoms with Crippen LogP contribution >= 0.6 is 0 Å². The molecule has 0 fully saturated rings. The van der Waals surface area contributed by atoms with E-state index in [1.807, 2.05) is 25.1 Å². The van der Waals surface area contributed by atoms with E-state index in [9.17, 15) is 13.2 Å². The maximum atomic E-state index is 12.8. The van der Waals surface area contributed by atoms with Gasteiger partial charge in [-0.25, -0.2) is 13.2 Å². The van der Waals surface area contributed by atoms with E-state index in [4.69, 9.17) is 4.74 Å². The molecule has 0 saturated carbocycles. The molecule has 0 radical (unpaired) electrons. The fraction of sp³-hybridized carbons (Fsp3) is 0.208. The Balaban J connectivity index is 1.76. The third-order valence-electron chi connectivity index (χ3n) is 4.94. The minimum Gasteiger partial charge on any atom is -0.423 e. The second-order valence-corrected chi connectivity index (χ2v) is 9.36. The van der Waals surface area contributed by atoms with Crippen molar-refractivity contribution in [1.82, 2.24) is 0 Å². The van der Waals surface area contributed by atoms with Gasteiger partial charge in [-0.15, -0.1) is 0 Å². The Morgan fingerprint density at radius 3 is 2.13 bits per heavy atom. The zero-order valence-corrected chi connectivity index (χ0v) is 18.3. The average molecular weight is 424 g/mol. The lowest BCUT2D eigenvalue weighted by atomic mass is 9.98. The summed E-state index contributed by atoms with van der Waals surface area (Å²) in [6.45, 7) is 6.20. The van der Waals surface area contributed by atoms with E-state index in [0.29, 0.717) is 17.4 Å². The number of benzene rings is 3. The Morgan fingerprint density at radius 2 is 1.57 bits per heavy atom. The monoisotopic (exact) mass is 423 g/mol. The van der Waals surface area contributed by atoms with Gasteiger partial charge < -0.3 is 4.74 Å². The van der Waals surface area contributed by atoms with Crippen molar-refractivity contribution in [2.45, 2.75) is 31.6 Å². The highest BCUT2D eigenvalue weighted by molar-refractivity contribution is 7.92. The summed E-state index contributed by atoms with van der Waals surface area (Å²) in [4.78, 5) is 12.6. The minimum absolute atomic E-state index is 0.0996. The van der Waals surface area contributed by atoms with Gasteiger partial charge in [-0.05, 0) is 72.5 Å². The third-order valence-corrected chi connectivity index (χ3v) is 6.74. The van der Waals surface area contributed by atoms with Crippen LogP contribution in [0.3, 0.4) is 0 Å². The van der Waals surface area contributed by atoms with Gasteiger partial charge in [0, 0.05) is 7.05 Å². The van der Waals surface area contributed by atoms with E-state index in [2.05, 4.69) is 13.8 Å². The second-order valence-electron chi connectivity index (χ2n) is 7.40. The lowest BCUT2D eigenvalue weighted by Gasteiger charge is -2.19. The molecular formula is C24H25NO4S. The van der Waals surface area contributed by atoms with Crippen molar-refractivity contribution in [3.05, 3.63) is 89.5 Å². The topological polar surface area (TPSA) is 63.7 Å². The van der Waals surface area contributed by atoms with Crippen LogP contribution in [-0.4, -0.2) is 21.4 Å². The normalized spacial score (nSPS) is 11.4. The fourth-order valence-electron chi connectivity index (χ4n) is 3.22. The number of rotatable bonds is 6. The second kappa shape index (κ2) is 8.71. The predicted molar refractivity (Wildman–Crippen MR) is 119 cm³/mol. The van der Waals surface area contributed by atoms with Crippen molar-refractivity contribution in [3.8, 4) is 5.75 Å². The molecule has 0 aliphatic carbocycles. The highest BCUT2D eigenvalue weighted by Gasteiger charge is 2.21. The van der Waals surface area contributed by atoms with Crippen LogP contribution in [0.4, 0.5) is 5.69 Å². The Kier molecular flexibility index (Phi) is 6.27. The Morgan fingerprint density at radius 1 is 0.933 bits per heavy atom. The van der Waals surface area contributed by atoms with E-state index in [1.54, 1.807) is 30.3 Å². The van der Waals surface area contributed by atoms with E-state index in [-0.39, 0.29) is 10.5 Å². The number of hydrogen-bond acceptors (Lipinski definition) is 4. The van der Waals surface area contributed by atoms with Crippen LogP contribution in [0.5, 0.6) is 5.75 Å². The molecule has 30 heavy (non-hydrogen) atoms. The molecule has 3 aromatic rings. The summed E-state index contributed by atoms with van der Waals surface area (Å²) in [5, 5.41) is 0. The van der Waals surface area contributed by atoms with Crippen molar-refractivity contribution < 1.29 is 17.9 Å². The summed E-state index contributed by atoms with van der Waals surface area (Å²) < 4.78 is 32.3. The largest absolute Gasteiger partial charge is 0.423 e. The first-order valence-electron chi connectivity index (χ1n) is 9.67. The molecule has 5 nitrogen and oxygen atoms in total. The van der Waals surface area contributed by atoms with Gasteiger partial charge in [-0.3, -0.25) is 4.31 Å². The molecule has 0 bridgehead atoms. The van der Waals surface area contributed by atoms with Crippen molar-refractivity contribution in [3.63, 3.8) is 0 Å². The van der Waals surface area contributed by atoms with Gasteiger partial charge in [0.15, 0.2) is 0 Å². The number of para-hydroxylation sites is 1. The summed E-state index contributed by atoms with van der Waals surface area (Å²) in [6, 6.07) is 20.1. The molecule has 0 spiro atoms. The summed E-state index contributed by atoms with van der Waals surface area (Å²) in [5.74, 6) is 0.313. The number of aryl methyl sites for hydroxylation is 1. The van der Waals surface area contributed by atoms with Crippen LogP contribution in [0.15, 0.2) is 77.7 Å². The molecule has 6 heteroatoms. The van der Waals surface area contributed by atoms with Crippen LogP contribution in [0.2, 0.25) is 0 Å². The van der Waals surface area contributed by atoms with Crippen LogP contribution in [0.25, 0.3) is 0 Å². The number of hydrogen-bond donors (Lipinski definition) is 0. The molecule has 0 amide bonds. The molecule has 0 aliphatic rings. The molecule has 0 atom stereocenters. The van der Waals surface area contributed by atoms with Gasteiger partial charge in [0.1, 0.15) is 5.75 Å². The molecule has 0 aromatic heterocycles. The Labute approximate surface area is 178 Å². The molecule has 3 aromatic carbocycles. The quantitative estimate of drug-likeness (QED) is 0.406. The maximum Gasteiger partial charge on any atom is 0.343 e. The molecule has 156 valence electrons. The van der Waals surface area contributed by atoms with Gasteiger partial charge in [0.2, 0.25) is 0 Å². The number of carbonyl (C=O) groups excluding carboxylic acids is 1. The molecule has 0 aliphatic heterocycles. The lowest BCUT2D eigenvalue weighted by Crippen LogP contribution is -2.26. The number of carbonyl (C=O) groups is 1. The highest BCUT2D eigenvalue weighted by Crippen LogP contribution is 2.25. The predicted octanol–water partition coefficient (Wildman–Crippen LogP) is 5.16.